The third-order valence-corrected chi connectivity index (χ3v) is 4.73. The Morgan fingerprint density at radius 3 is 2.60 bits per heavy atom. The van der Waals surface area contributed by atoms with Gasteiger partial charge in [-0.25, -0.2) is 9.97 Å². The van der Waals surface area contributed by atoms with Crippen LogP contribution in [0.2, 0.25) is 0 Å². The second kappa shape index (κ2) is 6.64. The monoisotopic (exact) mass is 440 g/mol. The largest absolute Gasteiger partial charge is 0.322 e. The first-order valence-corrected chi connectivity index (χ1v) is 8.74. The van der Waals surface area contributed by atoms with E-state index >= 15 is 0 Å². The second-order valence-electron chi connectivity index (χ2n) is 5.46. The number of carbonyl (C=O) groups excluding carboxylic acids is 1. The van der Waals surface area contributed by atoms with Gasteiger partial charge in [-0.1, -0.05) is 24.3 Å². The maximum atomic E-state index is 12.4. The van der Waals surface area contributed by atoms with Crippen LogP contribution in [0.4, 0.5) is 5.69 Å². The van der Waals surface area contributed by atoms with Crippen LogP contribution in [0.3, 0.4) is 0 Å². The number of halogens is 1. The molecular formula is C19H13IN4O. The molecule has 0 radical (unpaired) electrons. The van der Waals surface area contributed by atoms with Crippen LogP contribution in [0, 0.1) is 3.57 Å². The van der Waals surface area contributed by atoms with Gasteiger partial charge in [-0.3, -0.25) is 9.20 Å². The Morgan fingerprint density at radius 2 is 1.84 bits per heavy atom. The van der Waals surface area contributed by atoms with Gasteiger partial charge in [0.15, 0.2) is 0 Å². The molecule has 0 bridgehead atoms. The summed E-state index contributed by atoms with van der Waals surface area (Å²) in [5, 5.41) is 2.92. The number of nitrogens with zero attached hydrogens (tertiary/aromatic N) is 3. The molecule has 0 aliphatic carbocycles. The SMILES string of the molecule is O=C(Nc1ccc(-c2cn3cccnc3n2)cc1)c1ccccc1I. The van der Waals surface area contributed by atoms with Gasteiger partial charge in [-0.05, 0) is 52.9 Å². The Morgan fingerprint density at radius 1 is 1.04 bits per heavy atom. The zero-order valence-corrected chi connectivity index (χ0v) is 15.2. The lowest BCUT2D eigenvalue weighted by molar-refractivity contribution is 0.102. The van der Waals surface area contributed by atoms with E-state index in [1.54, 1.807) is 6.20 Å². The fraction of sp³-hybridized carbons (Fsp3) is 0. The molecule has 1 N–H and O–H groups in total. The Bertz CT molecular complexity index is 1020. The molecule has 4 rings (SSSR count). The highest BCUT2D eigenvalue weighted by Crippen LogP contribution is 2.21. The normalized spacial score (nSPS) is 10.8. The van der Waals surface area contributed by atoms with E-state index in [2.05, 4.69) is 37.9 Å². The number of anilines is 1. The van der Waals surface area contributed by atoms with Gasteiger partial charge in [0.2, 0.25) is 5.78 Å². The van der Waals surface area contributed by atoms with Crippen molar-refractivity contribution in [3.63, 3.8) is 0 Å². The topological polar surface area (TPSA) is 59.3 Å². The van der Waals surface area contributed by atoms with E-state index in [1.165, 1.54) is 0 Å². The quantitative estimate of drug-likeness (QED) is 0.485. The number of carbonyl (C=O) groups is 1. The van der Waals surface area contributed by atoms with E-state index in [0.717, 1.165) is 20.5 Å². The van der Waals surface area contributed by atoms with Crippen molar-refractivity contribution in [1.29, 1.82) is 0 Å². The van der Waals surface area contributed by atoms with Crippen LogP contribution in [0.5, 0.6) is 0 Å². The number of aromatic nitrogens is 3. The minimum Gasteiger partial charge on any atom is -0.322 e. The number of imidazole rings is 1. The summed E-state index contributed by atoms with van der Waals surface area (Å²) in [6.07, 6.45) is 5.56. The molecule has 0 atom stereocenters. The zero-order valence-electron chi connectivity index (χ0n) is 13.1. The molecule has 2 aromatic carbocycles. The lowest BCUT2D eigenvalue weighted by atomic mass is 10.1. The first-order valence-electron chi connectivity index (χ1n) is 7.67. The first-order chi connectivity index (χ1) is 12.2. The molecule has 0 unspecified atom stereocenters. The van der Waals surface area contributed by atoms with E-state index in [4.69, 9.17) is 0 Å². The highest BCUT2D eigenvalue weighted by Gasteiger charge is 2.10. The van der Waals surface area contributed by atoms with Crippen molar-refractivity contribution >= 4 is 40.0 Å². The van der Waals surface area contributed by atoms with Crippen molar-refractivity contribution in [1.82, 2.24) is 14.4 Å². The molecule has 0 saturated heterocycles. The van der Waals surface area contributed by atoms with Crippen molar-refractivity contribution in [3.8, 4) is 11.3 Å². The summed E-state index contributed by atoms with van der Waals surface area (Å²) in [5.74, 6) is 0.545. The third-order valence-electron chi connectivity index (χ3n) is 3.79. The highest BCUT2D eigenvalue weighted by atomic mass is 127. The van der Waals surface area contributed by atoms with E-state index in [0.29, 0.717) is 11.3 Å². The van der Waals surface area contributed by atoms with Crippen LogP contribution in [0.25, 0.3) is 17.0 Å². The van der Waals surface area contributed by atoms with Crippen LogP contribution in [-0.4, -0.2) is 20.3 Å². The Hall–Kier alpha value is -2.74. The van der Waals surface area contributed by atoms with E-state index in [-0.39, 0.29) is 5.91 Å². The fourth-order valence-electron chi connectivity index (χ4n) is 2.54. The number of hydrogen-bond donors (Lipinski definition) is 1. The molecule has 2 aromatic heterocycles. The highest BCUT2D eigenvalue weighted by molar-refractivity contribution is 14.1. The van der Waals surface area contributed by atoms with Gasteiger partial charge in [-0.15, -0.1) is 0 Å². The van der Waals surface area contributed by atoms with Gasteiger partial charge in [-0.2, -0.15) is 0 Å². The molecule has 2 heterocycles. The van der Waals surface area contributed by atoms with Crippen molar-refractivity contribution in [2.24, 2.45) is 0 Å². The molecule has 25 heavy (non-hydrogen) atoms. The molecule has 0 fully saturated rings. The molecule has 0 aliphatic rings. The van der Waals surface area contributed by atoms with Gasteiger partial charge < -0.3 is 5.32 Å². The van der Waals surface area contributed by atoms with Crippen LogP contribution >= 0.6 is 22.6 Å². The Balaban J connectivity index is 1.56. The molecule has 0 saturated carbocycles. The lowest BCUT2D eigenvalue weighted by Gasteiger charge is -2.07. The lowest BCUT2D eigenvalue weighted by Crippen LogP contribution is -2.13. The van der Waals surface area contributed by atoms with Crippen molar-refractivity contribution in [2.45, 2.75) is 0 Å². The summed E-state index contributed by atoms with van der Waals surface area (Å²) in [5.41, 5.74) is 3.22. The zero-order chi connectivity index (χ0) is 17.2. The van der Waals surface area contributed by atoms with E-state index in [1.807, 2.05) is 71.4 Å². The van der Waals surface area contributed by atoms with Gasteiger partial charge in [0.05, 0.1) is 11.3 Å². The summed E-state index contributed by atoms with van der Waals surface area (Å²) in [7, 11) is 0. The van der Waals surface area contributed by atoms with Gasteiger partial charge in [0.1, 0.15) is 0 Å². The van der Waals surface area contributed by atoms with Crippen LogP contribution in [-0.2, 0) is 0 Å². The number of hydrogen-bond acceptors (Lipinski definition) is 3. The number of rotatable bonds is 3. The van der Waals surface area contributed by atoms with Crippen LogP contribution in [0.1, 0.15) is 10.4 Å². The molecule has 122 valence electrons. The maximum Gasteiger partial charge on any atom is 0.256 e. The predicted molar refractivity (Wildman–Crippen MR) is 106 cm³/mol. The fourth-order valence-corrected chi connectivity index (χ4v) is 3.17. The molecule has 1 amide bonds. The summed E-state index contributed by atoms with van der Waals surface area (Å²) in [4.78, 5) is 21.1. The number of fused-ring (bicyclic) bond motifs is 1. The standard InChI is InChI=1S/C19H13IN4O/c20-16-5-2-1-4-15(16)18(25)22-14-8-6-13(7-9-14)17-12-24-11-3-10-21-19(24)23-17/h1-12H,(H,22,25). The third kappa shape index (κ3) is 3.25. The van der Waals surface area contributed by atoms with Crippen LogP contribution in [0.15, 0.2) is 73.2 Å². The average Bonchev–Trinajstić information content (AvgIpc) is 3.07. The van der Waals surface area contributed by atoms with Crippen LogP contribution < -0.4 is 5.32 Å². The average molecular weight is 440 g/mol. The molecular weight excluding hydrogens is 427 g/mol. The summed E-state index contributed by atoms with van der Waals surface area (Å²) in [6, 6.07) is 17.0. The minimum atomic E-state index is -0.116. The summed E-state index contributed by atoms with van der Waals surface area (Å²) in [6.45, 7) is 0. The Labute approximate surface area is 157 Å². The summed E-state index contributed by atoms with van der Waals surface area (Å²) >= 11 is 2.16. The maximum absolute atomic E-state index is 12.4. The molecule has 0 aliphatic heterocycles. The van der Waals surface area contributed by atoms with E-state index in [9.17, 15) is 4.79 Å². The smallest absolute Gasteiger partial charge is 0.256 e. The Kier molecular flexibility index (Phi) is 4.19. The number of benzene rings is 2. The minimum absolute atomic E-state index is 0.116. The van der Waals surface area contributed by atoms with Gasteiger partial charge >= 0.3 is 0 Å². The molecule has 0 spiro atoms. The van der Waals surface area contributed by atoms with Gasteiger partial charge in [0, 0.05) is 33.4 Å². The predicted octanol–water partition coefficient (Wildman–Crippen LogP) is 4.25. The van der Waals surface area contributed by atoms with Crippen molar-refractivity contribution < 1.29 is 4.79 Å². The molecule has 6 heteroatoms. The number of nitrogens with one attached hydrogen (secondary N) is 1. The summed E-state index contributed by atoms with van der Waals surface area (Å²) < 4.78 is 2.80. The van der Waals surface area contributed by atoms with Crippen molar-refractivity contribution in [2.75, 3.05) is 5.32 Å². The van der Waals surface area contributed by atoms with E-state index < -0.39 is 0 Å². The van der Waals surface area contributed by atoms with Gasteiger partial charge in [0.25, 0.3) is 5.91 Å². The first kappa shape index (κ1) is 15.8. The number of amides is 1. The molecule has 4 aromatic rings. The van der Waals surface area contributed by atoms with Crippen molar-refractivity contribution in [3.05, 3.63) is 82.3 Å². The second-order valence-corrected chi connectivity index (χ2v) is 6.63. The molecule has 5 nitrogen and oxygen atoms in total.